The lowest BCUT2D eigenvalue weighted by Crippen LogP contribution is -2.20. The zero-order valence-corrected chi connectivity index (χ0v) is 11.0. The van der Waals surface area contributed by atoms with E-state index in [0.29, 0.717) is 0 Å². The monoisotopic (exact) mass is 266 g/mol. The first-order valence-electron chi connectivity index (χ1n) is 5.47. The lowest BCUT2D eigenvalue weighted by Gasteiger charge is -2.13. The third-order valence-electron chi connectivity index (χ3n) is 2.18. The molecule has 0 spiro atoms. The van der Waals surface area contributed by atoms with Crippen LogP contribution in [0.2, 0.25) is 0 Å². The Morgan fingerprint density at radius 3 is 3.00 bits per heavy atom. The SMILES string of the molecule is CCSCC(C)Nc1nccc(C#N)c1[N+](=O)[O-]. The van der Waals surface area contributed by atoms with Gasteiger partial charge in [-0.05, 0) is 18.7 Å². The van der Waals surface area contributed by atoms with Crippen LogP contribution in [0.1, 0.15) is 19.4 Å². The second kappa shape index (κ2) is 6.81. The summed E-state index contributed by atoms with van der Waals surface area (Å²) in [6, 6.07) is 3.20. The topological polar surface area (TPSA) is 91.8 Å². The van der Waals surface area contributed by atoms with Gasteiger partial charge in [0.2, 0.25) is 5.82 Å². The molecule has 0 amide bonds. The van der Waals surface area contributed by atoms with Crippen molar-refractivity contribution in [2.75, 3.05) is 16.8 Å². The molecule has 0 aromatic carbocycles. The minimum Gasteiger partial charge on any atom is -0.361 e. The summed E-state index contributed by atoms with van der Waals surface area (Å²) in [7, 11) is 0. The number of nitrogens with zero attached hydrogens (tertiary/aromatic N) is 3. The second-order valence-corrected chi connectivity index (χ2v) is 4.95. The Kier molecular flexibility index (Phi) is 5.39. The normalized spacial score (nSPS) is 11.6. The fourth-order valence-corrected chi connectivity index (χ4v) is 2.08. The number of nitrogens with one attached hydrogen (secondary N) is 1. The Morgan fingerprint density at radius 2 is 2.44 bits per heavy atom. The third-order valence-corrected chi connectivity index (χ3v) is 3.33. The van der Waals surface area contributed by atoms with E-state index < -0.39 is 4.92 Å². The number of hydrogen-bond acceptors (Lipinski definition) is 6. The van der Waals surface area contributed by atoms with Crippen molar-refractivity contribution < 1.29 is 4.92 Å². The summed E-state index contributed by atoms with van der Waals surface area (Å²) in [6.07, 6.45) is 1.40. The maximum absolute atomic E-state index is 11.0. The smallest absolute Gasteiger partial charge is 0.328 e. The predicted octanol–water partition coefficient (Wildman–Crippen LogP) is 2.41. The van der Waals surface area contributed by atoms with Gasteiger partial charge in [0.25, 0.3) is 0 Å². The van der Waals surface area contributed by atoms with Crippen LogP contribution in [0.15, 0.2) is 12.3 Å². The highest BCUT2D eigenvalue weighted by atomic mass is 32.2. The average molecular weight is 266 g/mol. The number of hydrogen-bond donors (Lipinski definition) is 1. The van der Waals surface area contributed by atoms with Crippen LogP contribution in [0.5, 0.6) is 0 Å². The van der Waals surface area contributed by atoms with Crippen LogP contribution in [0.3, 0.4) is 0 Å². The van der Waals surface area contributed by atoms with Crippen molar-refractivity contribution in [2.24, 2.45) is 0 Å². The minimum atomic E-state index is -0.576. The van der Waals surface area contributed by atoms with E-state index in [1.807, 2.05) is 13.8 Å². The molecule has 1 aromatic rings. The Balaban J connectivity index is 2.95. The molecule has 0 saturated heterocycles. The van der Waals surface area contributed by atoms with Crippen molar-refractivity contribution in [3.05, 3.63) is 27.9 Å². The van der Waals surface area contributed by atoms with Crippen molar-refractivity contribution in [3.8, 4) is 6.07 Å². The molecule has 1 N–H and O–H groups in total. The van der Waals surface area contributed by atoms with Gasteiger partial charge in [-0.3, -0.25) is 10.1 Å². The van der Waals surface area contributed by atoms with Crippen molar-refractivity contribution in [1.82, 2.24) is 4.98 Å². The molecule has 96 valence electrons. The van der Waals surface area contributed by atoms with Gasteiger partial charge in [0.15, 0.2) is 0 Å². The van der Waals surface area contributed by atoms with Crippen LogP contribution in [0.25, 0.3) is 0 Å². The van der Waals surface area contributed by atoms with Crippen LogP contribution in [-0.4, -0.2) is 27.5 Å². The molecule has 1 rings (SSSR count). The summed E-state index contributed by atoms with van der Waals surface area (Å²) in [5.41, 5.74) is -0.235. The van der Waals surface area contributed by atoms with E-state index >= 15 is 0 Å². The first-order valence-corrected chi connectivity index (χ1v) is 6.63. The first kappa shape index (κ1) is 14.3. The van der Waals surface area contributed by atoms with E-state index in [1.54, 1.807) is 17.8 Å². The standard InChI is InChI=1S/C11H14N4O2S/c1-3-18-7-8(2)14-11-10(15(16)17)9(6-12)4-5-13-11/h4-5,8H,3,7H2,1-2H3,(H,13,14). The van der Waals surface area contributed by atoms with E-state index in [-0.39, 0.29) is 23.1 Å². The molecular weight excluding hydrogens is 252 g/mol. The van der Waals surface area contributed by atoms with E-state index in [4.69, 9.17) is 5.26 Å². The summed E-state index contributed by atoms with van der Waals surface area (Å²) in [4.78, 5) is 14.3. The summed E-state index contributed by atoms with van der Waals surface area (Å²) in [5, 5.41) is 22.8. The fraction of sp³-hybridized carbons (Fsp3) is 0.455. The van der Waals surface area contributed by atoms with E-state index in [2.05, 4.69) is 10.3 Å². The molecule has 18 heavy (non-hydrogen) atoms. The molecule has 0 bridgehead atoms. The predicted molar refractivity (Wildman–Crippen MR) is 71.7 cm³/mol. The van der Waals surface area contributed by atoms with Crippen LogP contribution < -0.4 is 5.32 Å². The highest BCUT2D eigenvalue weighted by molar-refractivity contribution is 7.99. The number of nitro groups is 1. The molecule has 1 atom stereocenters. The summed E-state index contributed by atoms with van der Waals surface area (Å²) >= 11 is 1.73. The van der Waals surface area contributed by atoms with Crippen molar-refractivity contribution in [1.29, 1.82) is 5.26 Å². The van der Waals surface area contributed by atoms with Gasteiger partial charge in [-0.2, -0.15) is 17.0 Å². The van der Waals surface area contributed by atoms with Gasteiger partial charge in [-0.1, -0.05) is 6.92 Å². The Morgan fingerprint density at radius 1 is 1.72 bits per heavy atom. The molecule has 7 heteroatoms. The zero-order chi connectivity index (χ0) is 13.5. The van der Waals surface area contributed by atoms with E-state index in [9.17, 15) is 10.1 Å². The van der Waals surface area contributed by atoms with Gasteiger partial charge in [0.1, 0.15) is 11.6 Å². The molecule has 1 aromatic heterocycles. The summed E-state index contributed by atoms with van der Waals surface area (Å²) < 4.78 is 0. The molecule has 0 aliphatic heterocycles. The molecular formula is C11H14N4O2S. The van der Waals surface area contributed by atoms with Gasteiger partial charge in [0.05, 0.1) is 4.92 Å². The van der Waals surface area contributed by atoms with Gasteiger partial charge in [-0.15, -0.1) is 0 Å². The van der Waals surface area contributed by atoms with Crippen LogP contribution in [0.4, 0.5) is 11.5 Å². The third kappa shape index (κ3) is 3.60. The molecule has 6 nitrogen and oxygen atoms in total. The fourth-order valence-electron chi connectivity index (χ4n) is 1.40. The molecule has 0 aliphatic carbocycles. The van der Waals surface area contributed by atoms with Crippen molar-refractivity contribution in [3.63, 3.8) is 0 Å². The second-order valence-electron chi connectivity index (χ2n) is 3.63. The van der Waals surface area contributed by atoms with Gasteiger partial charge >= 0.3 is 5.69 Å². The first-order chi connectivity index (χ1) is 8.60. The largest absolute Gasteiger partial charge is 0.361 e. The van der Waals surface area contributed by atoms with Gasteiger partial charge < -0.3 is 5.32 Å². The lowest BCUT2D eigenvalue weighted by atomic mass is 10.2. The number of thioether (sulfide) groups is 1. The molecule has 1 heterocycles. The molecule has 0 radical (unpaired) electrons. The Labute approximate surface area is 110 Å². The van der Waals surface area contributed by atoms with Crippen molar-refractivity contribution >= 4 is 23.3 Å². The number of nitriles is 1. The van der Waals surface area contributed by atoms with Crippen LogP contribution >= 0.6 is 11.8 Å². The number of anilines is 1. The van der Waals surface area contributed by atoms with Crippen LogP contribution in [0, 0.1) is 21.4 Å². The maximum atomic E-state index is 11.0. The number of pyridine rings is 1. The van der Waals surface area contributed by atoms with Gasteiger partial charge in [-0.25, -0.2) is 4.98 Å². The number of aromatic nitrogens is 1. The number of rotatable bonds is 6. The summed E-state index contributed by atoms with van der Waals surface area (Å²) in [5.74, 6) is 1.97. The average Bonchev–Trinajstić information content (AvgIpc) is 2.35. The molecule has 0 aliphatic rings. The Hall–Kier alpha value is -1.81. The molecule has 0 saturated carbocycles. The minimum absolute atomic E-state index is 0.0212. The highest BCUT2D eigenvalue weighted by Gasteiger charge is 2.22. The van der Waals surface area contributed by atoms with E-state index in [1.165, 1.54) is 12.3 Å². The molecule has 1 unspecified atom stereocenters. The maximum Gasteiger partial charge on any atom is 0.328 e. The van der Waals surface area contributed by atoms with Gasteiger partial charge in [0, 0.05) is 18.0 Å². The molecule has 0 fully saturated rings. The van der Waals surface area contributed by atoms with Crippen molar-refractivity contribution in [2.45, 2.75) is 19.9 Å². The van der Waals surface area contributed by atoms with E-state index in [0.717, 1.165) is 11.5 Å². The quantitative estimate of drug-likeness (QED) is 0.628. The van der Waals surface area contributed by atoms with Crippen LogP contribution in [-0.2, 0) is 0 Å². The summed E-state index contributed by atoms with van der Waals surface area (Å²) in [6.45, 7) is 3.97. The highest BCUT2D eigenvalue weighted by Crippen LogP contribution is 2.26. The zero-order valence-electron chi connectivity index (χ0n) is 10.2. The Bertz CT molecular complexity index is 473. The lowest BCUT2D eigenvalue weighted by molar-refractivity contribution is -0.384.